The van der Waals surface area contributed by atoms with Gasteiger partial charge in [0.15, 0.2) is 0 Å². The Hall–Kier alpha value is -2.83. The van der Waals surface area contributed by atoms with Gasteiger partial charge in [-0.1, -0.05) is 41.4 Å². The molecule has 0 spiro atoms. The summed E-state index contributed by atoms with van der Waals surface area (Å²) in [5.74, 6) is -0.415. The first-order chi connectivity index (χ1) is 13.7. The highest BCUT2D eigenvalue weighted by Gasteiger charge is 2.21. The molecule has 0 radical (unpaired) electrons. The van der Waals surface area contributed by atoms with Crippen molar-refractivity contribution in [3.8, 4) is 0 Å². The number of halogens is 1. The quantitative estimate of drug-likeness (QED) is 0.577. The first kappa shape index (κ1) is 20.9. The third kappa shape index (κ3) is 4.96. The molecule has 1 amide bonds. The maximum absolute atomic E-state index is 12.8. The van der Waals surface area contributed by atoms with E-state index < -0.39 is 15.9 Å². The molecule has 150 valence electrons. The SMILES string of the molecule is Cc1ccc(NS(=O)(=O)c2cc(C(=O)Nc3cc(C)ccc3C)ccc2Cl)cc1. The summed E-state index contributed by atoms with van der Waals surface area (Å²) < 4.78 is 28.1. The lowest BCUT2D eigenvalue weighted by molar-refractivity contribution is 0.102. The van der Waals surface area contributed by atoms with Gasteiger partial charge in [-0.15, -0.1) is 0 Å². The molecular weight excluding hydrogens is 408 g/mol. The van der Waals surface area contributed by atoms with E-state index >= 15 is 0 Å². The van der Waals surface area contributed by atoms with Gasteiger partial charge in [-0.05, 0) is 68.3 Å². The maximum Gasteiger partial charge on any atom is 0.263 e. The number of hydrogen-bond acceptors (Lipinski definition) is 3. The number of nitrogens with one attached hydrogen (secondary N) is 2. The monoisotopic (exact) mass is 428 g/mol. The lowest BCUT2D eigenvalue weighted by atomic mass is 10.1. The van der Waals surface area contributed by atoms with Crippen LogP contribution in [0.1, 0.15) is 27.0 Å². The van der Waals surface area contributed by atoms with Crippen molar-refractivity contribution < 1.29 is 13.2 Å². The van der Waals surface area contributed by atoms with E-state index in [-0.39, 0.29) is 15.5 Å². The summed E-state index contributed by atoms with van der Waals surface area (Å²) >= 11 is 6.13. The van der Waals surface area contributed by atoms with Gasteiger partial charge in [-0.2, -0.15) is 0 Å². The Morgan fingerprint density at radius 3 is 2.21 bits per heavy atom. The summed E-state index contributed by atoms with van der Waals surface area (Å²) in [4.78, 5) is 12.5. The minimum Gasteiger partial charge on any atom is -0.322 e. The highest BCUT2D eigenvalue weighted by Crippen LogP contribution is 2.26. The number of amides is 1. The van der Waals surface area contributed by atoms with Crippen LogP contribution in [0, 0.1) is 20.8 Å². The fourth-order valence-corrected chi connectivity index (χ4v) is 4.33. The minimum atomic E-state index is -3.96. The highest BCUT2D eigenvalue weighted by molar-refractivity contribution is 7.92. The van der Waals surface area contributed by atoms with Gasteiger partial charge in [0.05, 0.1) is 5.02 Å². The van der Waals surface area contributed by atoms with E-state index in [1.165, 1.54) is 18.2 Å². The lowest BCUT2D eigenvalue weighted by Gasteiger charge is -2.13. The molecule has 0 saturated carbocycles. The molecule has 3 aromatic carbocycles. The van der Waals surface area contributed by atoms with Crippen LogP contribution in [0.25, 0.3) is 0 Å². The van der Waals surface area contributed by atoms with Gasteiger partial charge in [-0.3, -0.25) is 9.52 Å². The van der Waals surface area contributed by atoms with Gasteiger partial charge >= 0.3 is 0 Å². The Kier molecular flexibility index (Phi) is 5.96. The van der Waals surface area contributed by atoms with Crippen LogP contribution in [0.3, 0.4) is 0 Å². The van der Waals surface area contributed by atoms with E-state index in [4.69, 9.17) is 11.6 Å². The Labute approximate surface area is 175 Å². The highest BCUT2D eigenvalue weighted by atomic mass is 35.5. The third-order valence-corrected chi connectivity index (χ3v) is 6.29. The lowest BCUT2D eigenvalue weighted by Crippen LogP contribution is -2.17. The number of carbonyl (C=O) groups excluding carboxylic acids is 1. The largest absolute Gasteiger partial charge is 0.322 e. The Bertz CT molecular complexity index is 1170. The van der Waals surface area contributed by atoms with Gasteiger partial charge in [0.2, 0.25) is 0 Å². The molecule has 0 atom stereocenters. The van der Waals surface area contributed by atoms with Crippen LogP contribution in [0.15, 0.2) is 65.6 Å². The fraction of sp³-hybridized carbons (Fsp3) is 0.136. The van der Waals surface area contributed by atoms with E-state index in [0.717, 1.165) is 16.7 Å². The number of rotatable bonds is 5. The van der Waals surface area contributed by atoms with Crippen LogP contribution in [0.2, 0.25) is 5.02 Å². The van der Waals surface area contributed by atoms with Gasteiger partial charge in [0.25, 0.3) is 15.9 Å². The van der Waals surface area contributed by atoms with E-state index in [1.54, 1.807) is 24.3 Å². The standard InChI is InChI=1S/C22H21ClN2O3S/c1-14-5-9-18(10-6-14)25-29(27,28)21-13-17(8-11-19(21)23)22(26)24-20-12-15(2)4-7-16(20)3/h4-13,25H,1-3H3,(H,24,26). The van der Waals surface area contributed by atoms with Crippen LogP contribution < -0.4 is 10.0 Å². The van der Waals surface area contributed by atoms with Crippen molar-refractivity contribution in [1.29, 1.82) is 0 Å². The summed E-state index contributed by atoms with van der Waals surface area (Å²) in [6.45, 7) is 5.73. The predicted molar refractivity (Wildman–Crippen MR) is 117 cm³/mol. The molecule has 5 nitrogen and oxygen atoms in total. The van der Waals surface area contributed by atoms with Crippen LogP contribution >= 0.6 is 11.6 Å². The summed E-state index contributed by atoms with van der Waals surface area (Å²) in [5, 5.41) is 2.86. The first-order valence-corrected chi connectivity index (χ1v) is 10.8. The number of sulfonamides is 1. The van der Waals surface area contributed by atoms with Crippen LogP contribution in [-0.2, 0) is 10.0 Å². The summed E-state index contributed by atoms with van der Waals surface area (Å²) in [6, 6.07) is 16.8. The van der Waals surface area contributed by atoms with E-state index in [9.17, 15) is 13.2 Å². The fourth-order valence-electron chi connectivity index (χ4n) is 2.75. The smallest absolute Gasteiger partial charge is 0.263 e. The van der Waals surface area contributed by atoms with Crippen LogP contribution in [-0.4, -0.2) is 14.3 Å². The maximum atomic E-state index is 12.8. The van der Waals surface area contributed by atoms with Gasteiger partial charge in [-0.25, -0.2) is 8.42 Å². The molecular formula is C22H21ClN2O3S. The number of anilines is 2. The predicted octanol–water partition coefficient (Wildman–Crippen LogP) is 5.32. The zero-order valence-electron chi connectivity index (χ0n) is 16.3. The van der Waals surface area contributed by atoms with Crippen molar-refractivity contribution in [1.82, 2.24) is 0 Å². The molecule has 3 aromatic rings. The van der Waals surface area contributed by atoms with Crippen molar-refractivity contribution in [2.45, 2.75) is 25.7 Å². The molecule has 0 aliphatic carbocycles. The zero-order valence-corrected chi connectivity index (χ0v) is 17.9. The van der Waals surface area contributed by atoms with Crippen molar-refractivity contribution in [3.63, 3.8) is 0 Å². The first-order valence-electron chi connectivity index (χ1n) is 8.93. The minimum absolute atomic E-state index is 0.0351. The molecule has 0 fully saturated rings. The number of carbonyl (C=O) groups is 1. The molecule has 7 heteroatoms. The second-order valence-electron chi connectivity index (χ2n) is 6.89. The molecule has 0 aliphatic rings. The molecule has 29 heavy (non-hydrogen) atoms. The van der Waals surface area contributed by atoms with Crippen LogP contribution in [0.4, 0.5) is 11.4 Å². The van der Waals surface area contributed by atoms with E-state index in [2.05, 4.69) is 10.0 Å². The van der Waals surface area contributed by atoms with Gasteiger partial charge in [0, 0.05) is 16.9 Å². The van der Waals surface area contributed by atoms with Gasteiger partial charge in [0.1, 0.15) is 4.90 Å². The molecule has 0 bridgehead atoms. The number of hydrogen-bond donors (Lipinski definition) is 2. The average Bonchev–Trinajstić information content (AvgIpc) is 2.66. The number of benzene rings is 3. The Balaban J connectivity index is 1.89. The Morgan fingerprint density at radius 2 is 1.52 bits per heavy atom. The van der Waals surface area contributed by atoms with Crippen molar-refractivity contribution >= 4 is 38.9 Å². The molecule has 2 N–H and O–H groups in total. The van der Waals surface area contributed by atoms with Gasteiger partial charge < -0.3 is 5.32 Å². The van der Waals surface area contributed by atoms with Crippen molar-refractivity contribution in [2.24, 2.45) is 0 Å². The number of aryl methyl sites for hydroxylation is 3. The second kappa shape index (κ2) is 8.27. The van der Waals surface area contributed by atoms with Crippen molar-refractivity contribution in [2.75, 3.05) is 10.0 Å². The van der Waals surface area contributed by atoms with Crippen LogP contribution in [0.5, 0.6) is 0 Å². The summed E-state index contributed by atoms with van der Waals surface area (Å²) in [6.07, 6.45) is 0. The molecule has 0 heterocycles. The molecule has 0 aromatic heterocycles. The summed E-state index contributed by atoms with van der Waals surface area (Å²) in [5.41, 5.74) is 4.21. The molecule has 0 aliphatic heterocycles. The molecule has 0 saturated heterocycles. The topological polar surface area (TPSA) is 75.3 Å². The average molecular weight is 429 g/mol. The summed E-state index contributed by atoms with van der Waals surface area (Å²) in [7, 11) is -3.96. The van der Waals surface area contributed by atoms with E-state index in [1.807, 2.05) is 39.0 Å². The zero-order chi connectivity index (χ0) is 21.2. The Morgan fingerprint density at radius 1 is 0.862 bits per heavy atom. The normalized spacial score (nSPS) is 11.2. The van der Waals surface area contributed by atoms with E-state index in [0.29, 0.717) is 11.4 Å². The molecule has 0 unspecified atom stereocenters. The van der Waals surface area contributed by atoms with Crippen molar-refractivity contribution in [3.05, 3.63) is 87.9 Å². The second-order valence-corrected chi connectivity index (χ2v) is 8.95. The third-order valence-electron chi connectivity index (χ3n) is 4.43. The molecule has 3 rings (SSSR count).